The molecule has 0 aromatic heterocycles. The number of rotatable bonds is 13. The maximum atomic E-state index is 10.5. The number of aliphatic hydroxyl groups excluding tert-OH is 1. The maximum Gasteiger partial charge on any atom is 1.00 e. The Kier molecular flexibility index (Phi) is 17.1. The first-order valence-electron chi connectivity index (χ1n) is 7.63. The Morgan fingerprint density at radius 2 is 1.15 bits per heavy atom. The van der Waals surface area contributed by atoms with E-state index in [4.69, 9.17) is 9.66 Å². The van der Waals surface area contributed by atoms with Crippen LogP contribution in [-0.4, -0.2) is 23.5 Å². The molecule has 0 aliphatic rings. The Morgan fingerprint density at radius 1 is 0.800 bits per heavy atom. The summed E-state index contributed by atoms with van der Waals surface area (Å²) in [5, 5.41) is 9.09. The van der Waals surface area contributed by atoms with Crippen molar-refractivity contribution >= 4 is 10.1 Å². The van der Waals surface area contributed by atoms with Crippen LogP contribution in [0.3, 0.4) is 0 Å². The van der Waals surface area contributed by atoms with Crippen LogP contribution in [-0.2, 0) is 10.1 Å². The molecule has 0 bridgehead atoms. The van der Waals surface area contributed by atoms with Crippen molar-refractivity contribution in [2.45, 2.75) is 89.4 Å². The molecule has 0 heterocycles. The van der Waals surface area contributed by atoms with E-state index in [0.717, 1.165) is 12.8 Å². The zero-order valence-electron chi connectivity index (χ0n) is 13.2. The monoisotopic (exact) mass is 317 g/mol. The summed E-state index contributed by atoms with van der Waals surface area (Å²) in [7, 11) is -4.26. The smallest absolute Gasteiger partial charge is 0.375 e. The van der Waals surface area contributed by atoms with Gasteiger partial charge < -0.3 is 5.11 Å². The van der Waals surface area contributed by atoms with Gasteiger partial charge in [-0.25, -0.2) is 0 Å². The Hall–Kier alpha value is 0.870. The first kappa shape index (κ1) is 23.1. The SMILES string of the molecule is CCCCCCCCCCCCCC(O)S(=O)(=O)O.[Na+]. The summed E-state index contributed by atoms with van der Waals surface area (Å²) in [5.41, 5.74) is -1.61. The minimum Gasteiger partial charge on any atom is -0.375 e. The molecule has 1 atom stereocenters. The zero-order valence-corrected chi connectivity index (χ0v) is 16.0. The molecule has 4 nitrogen and oxygen atoms in total. The van der Waals surface area contributed by atoms with Crippen LogP contribution in [0.25, 0.3) is 0 Å². The van der Waals surface area contributed by atoms with Gasteiger partial charge in [0, 0.05) is 0 Å². The van der Waals surface area contributed by atoms with Gasteiger partial charge in [0.25, 0.3) is 10.1 Å². The number of hydrogen-bond acceptors (Lipinski definition) is 3. The van der Waals surface area contributed by atoms with Crippen LogP contribution in [0, 0.1) is 0 Å². The second kappa shape index (κ2) is 14.8. The van der Waals surface area contributed by atoms with Gasteiger partial charge in [0.15, 0.2) is 5.44 Å². The molecule has 0 amide bonds. The summed E-state index contributed by atoms with van der Waals surface area (Å²) in [6.07, 6.45) is 13.1. The molecule has 0 saturated carbocycles. The molecule has 0 spiro atoms. The van der Waals surface area contributed by atoms with Gasteiger partial charge in [-0.1, -0.05) is 71.1 Å². The van der Waals surface area contributed by atoms with E-state index in [-0.39, 0.29) is 36.0 Å². The average Bonchev–Trinajstić information content (AvgIpc) is 2.34. The minimum atomic E-state index is -4.26. The van der Waals surface area contributed by atoms with E-state index in [9.17, 15) is 8.42 Å². The predicted molar refractivity (Wildman–Crippen MR) is 78.6 cm³/mol. The maximum absolute atomic E-state index is 10.5. The number of hydrogen-bond donors (Lipinski definition) is 2. The fraction of sp³-hybridized carbons (Fsp3) is 1.00. The molecule has 0 aliphatic carbocycles. The van der Waals surface area contributed by atoms with Crippen molar-refractivity contribution in [3.8, 4) is 0 Å². The van der Waals surface area contributed by atoms with E-state index in [0.29, 0.717) is 6.42 Å². The van der Waals surface area contributed by atoms with Crippen LogP contribution in [0.2, 0.25) is 0 Å². The van der Waals surface area contributed by atoms with Crippen molar-refractivity contribution in [1.29, 1.82) is 0 Å². The Morgan fingerprint density at radius 3 is 1.50 bits per heavy atom. The van der Waals surface area contributed by atoms with E-state index in [1.54, 1.807) is 0 Å². The van der Waals surface area contributed by atoms with Crippen molar-refractivity contribution in [1.82, 2.24) is 0 Å². The quantitative estimate of drug-likeness (QED) is 0.301. The van der Waals surface area contributed by atoms with Gasteiger partial charge in [-0.3, -0.25) is 4.55 Å². The Balaban J connectivity index is 0. The third-order valence-corrected chi connectivity index (χ3v) is 4.32. The first-order chi connectivity index (χ1) is 8.98. The summed E-state index contributed by atoms with van der Waals surface area (Å²) in [5.74, 6) is 0. The van der Waals surface area contributed by atoms with Gasteiger partial charge in [0.2, 0.25) is 0 Å². The molecule has 1 unspecified atom stereocenters. The molecular formula is C14H30NaO4S+. The van der Waals surface area contributed by atoms with Crippen molar-refractivity contribution in [2.75, 3.05) is 0 Å². The van der Waals surface area contributed by atoms with Gasteiger partial charge in [0.1, 0.15) is 0 Å². The van der Waals surface area contributed by atoms with E-state index >= 15 is 0 Å². The summed E-state index contributed by atoms with van der Waals surface area (Å²) in [6, 6.07) is 0. The molecular weight excluding hydrogens is 287 g/mol. The zero-order chi connectivity index (χ0) is 14.6. The van der Waals surface area contributed by atoms with Gasteiger partial charge in [-0.05, 0) is 12.8 Å². The first-order valence-corrected chi connectivity index (χ1v) is 9.13. The van der Waals surface area contributed by atoms with Crippen molar-refractivity contribution < 1.29 is 47.6 Å². The van der Waals surface area contributed by atoms with Gasteiger partial charge in [0.05, 0.1) is 0 Å². The van der Waals surface area contributed by atoms with Crippen LogP contribution < -0.4 is 29.6 Å². The molecule has 0 aliphatic heterocycles. The third-order valence-electron chi connectivity index (χ3n) is 3.40. The second-order valence-corrected chi connectivity index (χ2v) is 6.87. The van der Waals surface area contributed by atoms with Gasteiger partial charge >= 0.3 is 29.6 Å². The summed E-state index contributed by atoms with van der Waals surface area (Å²) >= 11 is 0. The normalized spacial score (nSPS) is 12.9. The molecule has 0 aromatic rings. The minimum absolute atomic E-state index is 0. The summed E-state index contributed by atoms with van der Waals surface area (Å²) in [6.45, 7) is 2.22. The van der Waals surface area contributed by atoms with Gasteiger partial charge in [-0.2, -0.15) is 8.42 Å². The standard InChI is InChI=1S/C14H30O4S.Na/c1-2-3-4-5-6-7-8-9-10-11-12-13-14(15)19(16,17)18;/h14-15H,2-13H2,1H3,(H,16,17,18);/q;+1. The fourth-order valence-corrected chi connectivity index (χ4v) is 2.60. The van der Waals surface area contributed by atoms with Crippen molar-refractivity contribution in [3.63, 3.8) is 0 Å². The van der Waals surface area contributed by atoms with Gasteiger partial charge in [-0.15, -0.1) is 0 Å². The molecule has 0 rings (SSSR count). The van der Waals surface area contributed by atoms with E-state index < -0.39 is 15.6 Å². The largest absolute Gasteiger partial charge is 1.00 e. The topological polar surface area (TPSA) is 74.6 Å². The summed E-state index contributed by atoms with van der Waals surface area (Å²) < 4.78 is 29.7. The number of aliphatic hydroxyl groups is 1. The molecule has 0 radical (unpaired) electrons. The van der Waals surface area contributed by atoms with Crippen LogP contribution in [0.1, 0.15) is 84.0 Å². The third kappa shape index (κ3) is 15.3. The van der Waals surface area contributed by atoms with E-state index in [1.807, 2.05) is 0 Å². The molecule has 2 N–H and O–H groups in total. The Labute approximate surface area is 146 Å². The average molecular weight is 317 g/mol. The second-order valence-electron chi connectivity index (χ2n) is 5.29. The molecule has 6 heteroatoms. The van der Waals surface area contributed by atoms with Crippen molar-refractivity contribution in [3.05, 3.63) is 0 Å². The molecule has 0 aromatic carbocycles. The molecule has 0 fully saturated rings. The van der Waals surface area contributed by atoms with Crippen LogP contribution in [0.5, 0.6) is 0 Å². The van der Waals surface area contributed by atoms with E-state index in [2.05, 4.69) is 6.92 Å². The Bertz CT molecular complexity index is 294. The fourth-order valence-electron chi connectivity index (χ4n) is 2.13. The molecule has 0 saturated heterocycles. The van der Waals surface area contributed by atoms with E-state index in [1.165, 1.54) is 51.4 Å². The van der Waals surface area contributed by atoms with Crippen LogP contribution >= 0.6 is 0 Å². The molecule has 20 heavy (non-hydrogen) atoms. The van der Waals surface area contributed by atoms with Crippen molar-refractivity contribution in [2.24, 2.45) is 0 Å². The summed E-state index contributed by atoms with van der Waals surface area (Å²) in [4.78, 5) is 0. The van der Waals surface area contributed by atoms with Crippen LogP contribution in [0.15, 0.2) is 0 Å². The van der Waals surface area contributed by atoms with Crippen LogP contribution in [0.4, 0.5) is 0 Å². The molecule has 116 valence electrons. The predicted octanol–water partition coefficient (Wildman–Crippen LogP) is 0.898. The number of unbranched alkanes of at least 4 members (excludes halogenated alkanes) is 10.